The highest BCUT2D eigenvalue weighted by Crippen LogP contribution is 2.48. The highest BCUT2D eigenvalue weighted by atomic mass is 19.1. The number of halogens is 1. The van der Waals surface area contributed by atoms with Crippen LogP contribution in [0.2, 0.25) is 0 Å². The lowest BCUT2D eigenvalue weighted by Crippen LogP contribution is -2.58. The van der Waals surface area contributed by atoms with Crippen LogP contribution in [0.4, 0.5) is 10.1 Å². The fourth-order valence-electron chi connectivity index (χ4n) is 4.95. The third-order valence-electron chi connectivity index (χ3n) is 7.45. The Morgan fingerprint density at radius 1 is 1.21 bits per heavy atom. The van der Waals surface area contributed by atoms with E-state index in [1.807, 2.05) is 30.3 Å². The van der Waals surface area contributed by atoms with Crippen molar-refractivity contribution in [2.24, 2.45) is 16.1 Å². The number of hydrogen-bond donors (Lipinski definition) is 2. The lowest BCUT2D eigenvalue weighted by Gasteiger charge is -2.46. The van der Waals surface area contributed by atoms with Gasteiger partial charge in [0, 0.05) is 37.4 Å². The van der Waals surface area contributed by atoms with Gasteiger partial charge in [-0.25, -0.2) is 9.38 Å². The minimum absolute atomic E-state index is 0.101. The van der Waals surface area contributed by atoms with E-state index in [2.05, 4.69) is 27.3 Å². The summed E-state index contributed by atoms with van der Waals surface area (Å²) < 4.78 is 15.4. The molecule has 2 aromatic carbocycles. The van der Waals surface area contributed by atoms with Crippen molar-refractivity contribution >= 4 is 17.6 Å². The van der Waals surface area contributed by atoms with E-state index in [1.54, 1.807) is 27.8 Å². The van der Waals surface area contributed by atoms with Crippen molar-refractivity contribution in [3.63, 3.8) is 0 Å². The van der Waals surface area contributed by atoms with Gasteiger partial charge in [0.2, 0.25) is 5.91 Å². The number of anilines is 1. The average molecular weight is 452 g/mol. The summed E-state index contributed by atoms with van der Waals surface area (Å²) in [6.07, 6.45) is 2.15. The second kappa shape index (κ2) is 8.78. The Morgan fingerprint density at radius 2 is 1.94 bits per heavy atom. The molecule has 0 radical (unpaired) electrons. The molecule has 1 fully saturated rings. The average Bonchev–Trinajstić information content (AvgIpc) is 2.82. The van der Waals surface area contributed by atoms with Crippen LogP contribution in [0.25, 0.3) is 0 Å². The second-order valence-corrected chi connectivity index (χ2v) is 9.81. The number of nitrogens with zero attached hydrogens (tertiary/aromatic N) is 3. The van der Waals surface area contributed by atoms with E-state index in [-0.39, 0.29) is 23.7 Å². The normalized spacial score (nSPS) is 25.0. The van der Waals surface area contributed by atoms with Crippen molar-refractivity contribution in [1.29, 1.82) is 0 Å². The summed E-state index contributed by atoms with van der Waals surface area (Å²) in [6.45, 7) is 8.01. The zero-order valence-corrected chi connectivity index (χ0v) is 19.9. The molecule has 2 aromatic rings. The molecule has 176 valence electrons. The molecule has 0 aliphatic carbocycles. The van der Waals surface area contributed by atoms with Crippen LogP contribution < -0.4 is 16.0 Å². The summed E-state index contributed by atoms with van der Waals surface area (Å²) in [5, 5.41) is 3.49. The molecule has 2 heterocycles. The minimum Gasteiger partial charge on any atom is -0.369 e. The molecule has 2 atom stereocenters. The van der Waals surface area contributed by atoms with Gasteiger partial charge in [-0.05, 0) is 63.9 Å². The standard InChI is InChI=1S/C26H34FN5O/c1-25(2)23(33)31(4)24(28)30-26(25,3)21-15-19(12-13-22(21)27)32(20-11-8-14-29-16-20)17-18-9-6-5-7-10-18/h5-7,9-10,12-13,15,20,29H,8,11,14,16-17H2,1-4H3,(H2,28,30)/t20?,26-/m1/s1. The molecular weight excluding hydrogens is 417 g/mol. The number of carbonyl (C=O) groups is 1. The number of piperidine rings is 1. The molecule has 1 saturated heterocycles. The van der Waals surface area contributed by atoms with Crippen molar-refractivity contribution in [3.8, 4) is 0 Å². The van der Waals surface area contributed by atoms with E-state index in [9.17, 15) is 4.79 Å². The van der Waals surface area contributed by atoms with E-state index in [4.69, 9.17) is 5.73 Å². The number of guanidine groups is 1. The highest BCUT2D eigenvalue weighted by molar-refractivity contribution is 6.01. The van der Waals surface area contributed by atoms with Crippen LogP contribution in [0.1, 0.15) is 44.7 Å². The number of aliphatic imine (C=N–C) groups is 1. The van der Waals surface area contributed by atoms with Gasteiger partial charge in [-0.15, -0.1) is 0 Å². The van der Waals surface area contributed by atoms with Crippen molar-refractivity contribution in [1.82, 2.24) is 10.2 Å². The number of hydrogen-bond acceptors (Lipinski definition) is 5. The fraction of sp³-hybridized carbons (Fsp3) is 0.462. The molecule has 3 N–H and O–H groups in total. The van der Waals surface area contributed by atoms with Crippen LogP contribution in [0.5, 0.6) is 0 Å². The molecule has 2 aliphatic rings. The molecular formula is C26H34FN5O. The van der Waals surface area contributed by atoms with Crippen molar-refractivity contribution in [2.45, 2.75) is 51.7 Å². The molecule has 6 nitrogen and oxygen atoms in total. The number of amides is 1. The van der Waals surface area contributed by atoms with Crippen LogP contribution in [0.15, 0.2) is 53.5 Å². The molecule has 1 unspecified atom stereocenters. The van der Waals surface area contributed by atoms with Crippen molar-refractivity contribution < 1.29 is 9.18 Å². The van der Waals surface area contributed by atoms with Gasteiger partial charge in [0.1, 0.15) is 11.4 Å². The summed E-state index contributed by atoms with van der Waals surface area (Å²) in [6, 6.07) is 15.8. The second-order valence-electron chi connectivity index (χ2n) is 9.81. The lowest BCUT2D eigenvalue weighted by atomic mass is 9.67. The van der Waals surface area contributed by atoms with Gasteiger partial charge < -0.3 is 16.0 Å². The van der Waals surface area contributed by atoms with Gasteiger partial charge in [-0.3, -0.25) is 9.69 Å². The van der Waals surface area contributed by atoms with Crippen molar-refractivity contribution in [3.05, 3.63) is 65.5 Å². The maximum atomic E-state index is 15.4. The van der Waals surface area contributed by atoms with Gasteiger partial charge in [0.15, 0.2) is 5.96 Å². The number of benzene rings is 2. The van der Waals surface area contributed by atoms with Crippen molar-refractivity contribution in [2.75, 3.05) is 25.0 Å². The number of nitrogens with two attached hydrogens (primary N) is 1. The molecule has 33 heavy (non-hydrogen) atoms. The first kappa shape index (κ1) is 23.2. The van der Waals surface area contributed by atoms with Crippen LogP contribution in [0, 0.1) is 11.2 Å². The smallest absolute Gasteiger partial charge is 0.237 e. The van der Waals surface area contributed by atoms with E-state index in [0.29, 0.717) is 12.1 Å². The number of nitrogens with one attached hydrogen (secondary N) is 1. The third kappa shape index (κ3) is 4.10. The van der Waals surface area contributed by atoms with Crippen LogP contribution in [-0.4, -0.2) is 42.9 Å². The van der Waals surface area contributed by atoms with E-state index in [1.165, 1.54) is 16.5 Å². The third-order valence-corrected chi connectivity index (χ3v) is 7.45. The Hall–Kier alpha value is -2.93. The predicted octanol–water partition coefficient (Wildman–Crippen LogP) is 3.61. The Balaban J connectivity index is 1.80. The Labute approximate surface area is 195 Å². The van der Waals surface area contributed by atoms with Gasteiger partial charge in [-0.2, -0.15) is 0 Å². The summed E-state index contributed by atoms with van der Waals surface area (Å²) in [7, 11) is 1.60. The largest absolute Gasteiger partial charge is 0.369 e. The maximum Gasteiger partial charge on any atom is 0.237 e. The van der Waals surface area contributed by atoms with Gasteiger partial charge in [-0.1, -0.05) is 30.3 Å². The Kier molecular flexibility index (Phi) is 6.18. The molecule has 0 aromatic heterocycles. The number of rotatable bonds is 5. The molecule has 7 heteroatoms. The molecule has 0 saturated carbocycles. The zero-order valence-electron chi connectivity index (χ0n) is 19.9. The molecule has 1 amide bonds. The molecule has 4 rings (SSSR count). The van der Waals surface area contributed by atoms with Gasteiger partial charge >= 0.3 is 0 Å². The topological polar surface area (TPSA) is 74.0 Å². The molecule has 0 spiro atoms. The zero-order chi connectivity index (χ0) is 23.8. The molecule has 2 aliphatic heterocycles. The summed E-state index contributed by atoms with van der Waals surface area (Å²) in [5.74, 6) is -0.464. The first-order valence-electron chi connectivity index (χ1n) is 11.6. The summed E-state index contributed by atoms with van der Waals surface area (Å²) >= 11 is 0. The van der Waals surface area contributed by atoms with E-state index in [0.717, 1.165) is 31.6 Å². The summed E-state index contributed by atoms with van der Waals surface area (Å²) in [4.78, 5) is 21.4. The van der Waals surface area contributed by atoms with Crippen LogP contribution in [0.3, 0.4) is 0 Å². The fourth-order valence-corrected chi connectivity index (χ4v) is 4.95. The monoisotopic (exact) mass is 451 g/mol. The highest BCUT2D eigenvalue weighted by Gasteiger charge is 2.54. The summed E-state index contributed by atoms with van der Waals surface area (Å²) in [5.41, 5.74) is 6.47. The van der Waals surface area contributed by atoms with Crippen LogP contribution >= 0.6 is 0 Å². The first-order valence-corrected chi connectivity index (χ1v) is 11.6. The van der Waals surface area contributed by atoms with Gasteiger partial charge in [0.05, 0.1) is 5.41 Å². The number of carbonyl (C=O) groups excluding carboxylic acids is 1. The Bertz CT molecular complexity index is 1050. The van der Waals surface area contributed by atoms with Gasteiger partial charge in [0.25, 0.3) is 0 Å². The molecule has 0 bridgehead atoms. The Morgan fingerprint density at radius 3 is 2.61 bits per heavy atom. The maximum absolute atomic E-state index is 15.4. The van der Waals surface area contributed by atoms with E-state index < -0.39 is 11.0 Å². The predicted molar refractivity (Wildman–Crippen MR) is 130 cm³/mol. The van der Waals surface area contributed by atoms with Crippen LogP contribution in [-0.2, 0) is 16.9 Å². The lowest BCUT2D eigenvalue weighted by molar-refractivity contribution is -0.140. The minimum atomic E-state index is -1.13. The SMILES string of the molecule is CN1C(=O)C(C)(C)[C@@](C)(c2cc(N(Cc3ccccc3)C3CCCNC3)ccc2F)N=C1N. The first-order chi connectivity index (χ1) is 15.6. The quantitative estimate of drug-likeness (QED) is 0.728. The van der Waals surface area contributed by atoms with E-state index >= 15 is 4.39 Å².